The molecule has 176 valence electrons. The van der Waals surface area contributed by atoms with Crippen LogP contribution in [0.2, 0.25) is 0 Å². The number of carbonyl (C=O) groups is 1. The molecule has 0 aliphatic heterocycles. The lowest BCUT2D eigenvalue weighted by Gasteiger charge is -2.36. The van der Waals surface area contributed by atoms with Gasteiger partial charge in [0.2, 0.25) is 0 Å². The van der Waals surface area contributed by atoms with Crippen molar-refractivity contribution >= 4 is 28.4 Å². The highest BCUT2D eigenvalue weighted by molar-refractivity contribution is 8.25. The van der Waals surface area contributed by atoms with E-state index in [4.69, 9.17) is 10.1 Å². The zero-order chi connectivity index (χ0) is 24.7. The van der Waals surface area contributed by atoms with Crippen LogP contribution in [-0.4, -0.2) is 27.7 Å². The Hall–Kier alpha value is -3.45. The first-order valence-corrected chi connectivity index (χ1v) is 11.9. The number of pyridine rings is 1. The van der Waals surface area contributed by atoms with E-state index in [0.29, 0.717) is 0 Å². The van der Waals surface area contributed by atoms with Crippen LogP contribution in [0.1, 0.15) is 44.7 Å². The smallest absolute Gasteiger partial charge is 0.151 e. The number of carbonyl (C=O) groups excluding carboxylic acids is 1. The maximum absolute atomic E-state index is 13.1. The van der Waals surface area contributed by atoms with Crippen LogP contribution < -0.4 is 10.1 Å². The number of hydrogen-bond acceptors (Lipinski definition) is 5. The summed E-state index contributed by atoms with van der Waals surface area (Å²) in [5, 5.41) is 19.2. The molecule has 2 aromatic carbocycles. The Kier molecular flexibility index (Phi) is 8.23. The number of aromatic nitrogens is 1. The molecule has 0 radical (unpaired) electrons. The topological polar surface area (TPSA) is 97.4 Å². The van der Waals surface area contributed by atoms with E-state index in [1.54, 1.807) is 6.20 Å². The number of benzene rings is 2. The maximum Gasteiger partial charge on any atom is 0.151 e. The van der Waals surface area contributed by atoms with Gasteiger partial charge in [0.1, 0.15) is 5.75 Å². The van der Waals surface area contributed by atoms with Gasteiger partial charge < -0.3 is 20.9 Å². The standard InChI is InChI=1S/C27H29N4O2S/c1-18(2)33-22-13-10-19(11-14-22)23-15-12-21(16-30-23)24(20-8-6-5-7-9-20)27(3,4)25(32)31-26(29)34-17-28/h5-18,24,28H,1-4H3,(H-,29,31,32)/q-1. The molecule has 0 aliphatic rings. The lowest BCUT2D eigenvalue weighted by atomic mass is 9.71. The molecule has 0 spiro atoms. The minimum absolute atomic E-state index is 0.113. The molecule has 34 heavy (non-hydrogen) atoms. The van der Waals surface area contributed by atoms with Gasteiger partial charge in [-0.3, -0.25) is 9.78 Å². The zero-order valence-corrected chi connectivity index (χ0v) is 20.6. The van der Waals surface area contributed by atoms with Crippen LogP contribution in [0.4, 0.5) is 0 Å². The van der Waals surface area contributed by atoms with Gasteiger partial charge in [0.25, 0.3) is 0 Å². The van der Waals surface area contributed by atoms with Gasteiger partial charge in [0.05, 0.1) is 17.3 Å². The lowest BCUT2D eigenvalue weighted by molar-refractivity contribution is -0.128. The molecule has 1 heterocycles. The molecule has 0 aliphatic carbocycles. The number of rotatable bonds is 8. The van der Waals surface area contributed by atoms with Gasteiger partial charge in [0.15, 0.2) is 5.91 Å². The van der Waals surface area contributed by atoms with E-state index in [1.165, 1.54) is 0 Å². The van der Waals surface area contributed by atoms with Crippen LogP contribution in [0.15, 0.2) is 72.9 Å². The Labute approximate surface area is 205 Å². The summed E-state index contributed by atoms with van der Waals surface area (Å²) in [5.41, 5.74) is 3.68. The molecule has 1 amide bonds. The van der Waals surface area contributed by atoms with Gasteiger partial charge in [-0.2, -0.15) is 0 Å². The molecule has 1 aromatic heterocycles. The van der Waals surface area contributed by atoms with E-state index in [-0.39, 0.29) is 23.1 Å². The first-order valence-electron chi connectivity index (χ1n) is 11.0. The predicted molar refractivity (Wildman–Crippen MR) is 140 cm³/mol. The van der Waals surface area contributed by atoms with Crippen molar-refractivity contribution in [1.82, 2.24) is 10.3 Å². The summed E-state index contributed by atoms with van der Waals surface area (Å²) in [6, 6.07) is 21.5. The van der Waals surface area contributed by atoms with Crippen LogP contribution >= 0.6 is 11.8 Å². The molecular formula is C27H29N4O2S-. The van der Waals surface area contributed by atoms with Crippen molar-refractivity contribution in [3.8, 4) is 17.0 Å². The molecule has 3 rings (SSSR count). The minimum atomic E-state index is -0.920. The van der Waals surface area contributed by atoms with E-state index in [0.717, 1.165) is 45.4 Å². The van der Waals surface area contributed by atoms with E-state index >= 15 is 0 Å². The van der Waals surface area contributed by atoms with Crippen molar-refractivity contribution in [3.63, 3.8) is 0 Å². The molecule has 0 saturated carbocycles. The van der Waals surface area contributed by atoms with Crippen molar-refractivity contribution < 1.29 is 9.53 Å². The second kappa shape index (κ2) is 11.1. The third-order valence-electron chi connectivity index (χ3n) is 5.47. The van der Waals surface area contributed by atoms with Gasteiger partial charge >= 0.3 is 0 Å². The molecule has 0 fully saturated rings. The largest absolute Gasteiger partial charge is 0.491 e. The van der Waals surface area contributed by atoms with Crippen LogP contribution in [0.25, 0.3) is 16.7 Å². The molecule has 0 saturated heterocycles. The molecule has 1 atom stereocenters. The maximum atomic E-state index is 13.1. The summed E-state index contributed by atoms with van der Waals surface area (Å²) in [6.07, 6.45) is 1.91. The van der Waals surface area contributed by atoms with Crippen molar-refractivity contribution in [2.45, 2.75) is 39.7 Å². The molecule has 3 aromatic rings. The van der Waals surface area contributed by atoms with Gasteiger partial charge in [-0.25, -0.2) is 0 Å². The first-order chi connectivity index (χ1) is 16.2. The molecule has 2 N–H and O–H groups in total. The van der Waals surface area contributed by atoms with Crippen molar-refractivity contribution in [2.75, 3.05) is 0 Å². The molecule has 1 unspecified atom stereocenters. The van der Waals surface area contributed by atoms with Gasteiger partial charge in [-0.15, -0.1) is 0 Å². The number of thioether (sulfide) groups is 1. The lowest BCUT2D eigenvalue weighted by Crippen LogP contribution is -2.43. The average molecular weight is 474 g/mol. The highest BCUT2D eigenvalue weighted by Crippen LogP contribution is 2.41. The van der Waals surface area contributed by atoms with Gasteiger partial charge in [0, 0.05) is 23.1 Å². The monoisotopic (exact) mass is 473 g/mol. The van der Waals surface area contributed by atoms with E-state index in [1.807, 2.05) is 94.4 Å². The number of nitrogens with one attached hydrogen (secondary N) is 2. The Balaban J connectivity index is 1.92. The van der Waals surface area contributed by atoms with Gasteiger partial charge in [-0.05, 0) is 60.5 Å². The number of amides is 1. The SMILES string of the molecule is CC(C)Oc1ccc(-c2ccc(C(c3ccccc3)C(C)(C)C(=O)NC(=[N-])SC=N)cn2)cc1. The van der Waals surface area contributed by atoms with Crippen molar-refractivity contribution in [1.29, 1.82) is 5.41 Å². The van der Waals surface area contributed by atoms with Gasteiger partial charge in [-0.1, -0.05) is 62.0 Å². The highest BCUT2D eigenvalue weighted by atomic mass is 32.2. The summed E-state index contributed by atoms with van der Waals surface area (Å²) in [4.78, 5) is 17.8. The second-order valence-electron chi connectivity index (χ2n) is 8.73. The summed E-state index contributed by atoms with van der Waals surface area (Å²) >= 11 is 0.743. The fourth-order valence-corrected chi connectivity index (χ4v) is 4.13. The van der Waals surface area contributed by atoms with Crippen molar-refractivity contribution in [2.24, 2.45) is 5.41 Å². The highest BCUT2D eigenvalue weighted by Gasteiger charge is 2.37. The number of hydrogen-bond donors (Lipinski definition) is 2. The van der Waals surface area contributed by atoms with E-state index in [9.17, 15) is 10.2 Å². The Bertz CT molecular complexity index is 1130. The normalized spacial score (nSPS) is 12.1. The Morgan fingerprint density at radius 1 is 1.06 bits per heavy atom. The van der Waals surface area contributed by atoms with Crippen molar-refractivity contribution in [3.05, 3.63) is 89.5 Å². The summed E-state index contributed by atoms with van der Waals surface area (Å²) in [7, 11) is 0. The third kappa shape index (κ3) is 6.11. The number of nitrogens with zero attached hydrogens (tertiary/aromatic N) is 2. The summed E-state index contributed by atoms with van der Waals surface area (Å²) < 4.78 is 5.72. The fourth-order valence-electron chi connectivity index (χ4n) is 3.87. The molecule has 7 heteroatoms. The van der Waals surface area contributed by atoms with Crippen LogP contribution in [0.3, 0.4) is 0 Å². The second-order valence-corrected chi connectivity index (χ2v) is 9.59. The fraction of sp³-hybridized carbons (Fsp3) is 0.259. The van der Waals surface area contributed by atoms with Crippen LogP contribution in [0.5, 0.6) is 5.75 Å². The Morgan fingerprint density at radius 2 is 1.74 bits per heavy atom. The van der Waals surface area contributed by atoms with E-state index in [2.05, 4.69) is 10.3 Å². The average Bonchev–Trinajstić information content (AvgIpc) is 2.80. The molecular weight excluding hydrogens is 444 g/mol. The predicted octanol–water partition coefficient (Wildman–Crippen LogP) is 6.08. The van der Waals surface area contributed by atoms with E-state index < -0.39 is 5.41 Å². The number of ether oxygens (including phenoxy) is 1. The molecule has 0 bridgehead atoms. The minimum Gasteiger partial charge on any atom is -0.491 e. The third-order valence-corrected chi connectivity index (χ3v) is 5.92. The molecule has 6 nitrogen and oxygen atoms in total. The Morgan fingerprint density at radius 3 is 2.29 bits per heavy atom. The quantitative estimate of drug-likeness (QED) is 0.306. The summed E-state index contributed by atoms with van der Waals surface area (Å²) in [6.45, 7) is 7.66. The summed E-state index contributed by atoms with van der Waals surface area (Å²) in [5.74, 6) is 0.154. The van der Waals surface area contributed by atoms with Crippen LogP contribution in [-0.2, 0) is 4.79 Å². The number of amidine groups is 1. The first kappa shape index (κ1) is 25.2. The zero-order valence-electron chi connectivity index (χ0n) is 19.8. The van der Waals surface area contributed by atoms with Crippen LogP contribution in [0, 0.1) is 10.8 Å².